The molecule has 1 aliphatic heterocycles. The fourth-order valence-corrected chi connectivity index (χ4v) is 3.32. The van der Waals surface area contributed by atoms with Gasteiger partial charge in [-0.05, 0) is 37.5 Å². The third kappa shape index (κ3) is 4.45. The molecule has 3 heterocycles. The SMILES string of the molecule is CCCn1cc(C(=O)N2CCCN(Cc3ccncc3)CC2)c(C)n1. The zero-order valence-corrected chi connectivity index (χ0v) is 15.2. The number of aromatic nitrogens is 3. The van der Waals surface area contributed by atoms with E-state index >= 15 is 0 Å². The van der Waals surface area contributed by atoms with Crippen LogP contribution in [0.3, 0.4) is 0 Å². The highest BCUT2D eigenvalue weighted by atomic mass is 16.2. The van der Waals surface area contributed by atoms with Crippen molar-refractivity contribution in [2.45, 2.75) is 39.8 Å². The fraction of sp³-hybridized carbons (Fsp3) is 0.526. The second-order valence-corrected chi connectivity index (χ2v) is 6.67. The quantitative estimate of drug-likeness (QED) is 0.838. The smallest absolute Gasteiger partial charge is 0.257 e. The topological polar surface area (TPSA) is 54.3 Å². The summed E-state index contributed by atoms with van der Waals surface area (Å²) >= 11 is 0. The van der Waals surface area contributed by atoms with Gasteiger partial charge < -0.3 is 4.90 Å². The summed E-state index contributed by atoms with van der Waals surface area (Å²) in [6.45, 7) is 9.30. The molecule has 6 nitrogen and oxygen atoms in total. The number of hydrogen-bond acceptors (Lipinski definition) is 4. The van der Waals surface area contributed by atoms with Gasteiger partial charge in [-0.3, -0.25) is 19.4 Å². The van der Waals surface area contributed by atoms with Gasteiger partial charge in [-0.2, -0.15) is 5.10 Å². The fourth-order valence-electron chi connectivity index (χ4n) is 3.32. The maximum absolute atomic E-state index is 12.9. The molecule has 1 amide bonds. The van der Waals surface area contributed by atoms with Crippen LogP contribution in [0, 0.1) is 6.92 Å². The zero-order valence-electron chi connectivity index (χ0n) is 15.2. The van der Waals surface area contributed by atoms with Crippen molar-refractivity contribution in [3.05, 3.63) is 47.5 Å². The number of rotatable bonds is 5. The summed E-state index contributed by atoms with van der Waals surface area (Å²) < 4.78 is 1.89. The lowest BCUT2D eigenvalue weighted by Crippen LogP contribution is -2.35. The van der Waals surface area contributed by atoms with Crippen LogP contribution >= 0.6 is 0 Å². The summed E-state index contributed by atoms with van der Waals surface area (Å²) in [7, 11) is 0. The molecule has 3 rings (SSSR count). The predicted octanol–water partition coefficient (Wildman–Crippen LogP) is 2.34. The maximum Gasteiger partial charge on any atom is 0.257 e. The van der Waals surface area contributed by atoms with E-state index in [1.807, 2.05) is 35.1 Å². The molecule has 134 valence electrons. The van der Waals surface area contributed by atoms with Crippen LogP contribution in [-0.4, -0.2) is 56.7 Å². The minimum Gasteiger partial charge on any atom is -0.337 e. The minimum absolute atomic E-state index is 0.116. The molecule has 1 fully saturated rings. The van der Waals surface area contributed by atoms with E-state index in [1.165, 1.54) is 5.56 Å². The van der Waals surface area contributed by atoms with Crippen molar-refractivity contribution in [1.29, 1.82) is 0 Å². The van der Waals surface area contributed by atoms with E-state index in [2.05, 4.69) is 34.0 Å². The van der Waals surface area contributed by atoms with Gasteiger partial charge in [0, 0.05) is 57.9 Å². The van der Waals surface area contributed by atoms with Gasteiger partial charge in [-0.25, -0.2) is 0 Å². The van der Waals surface area contributed by atoms with E-state index in [-0.39, 0.29) is 5.91 Å². The molecule has 0 spiro atoms. The molecule has 0 radical (unpaired) electrons. The monoisotopic (exact) mass is 341 g/mol. The Morgan fingerprint density at radius 2 is 1.96 bits per heavy atom. The largest absolute Gasteiger partial charge is 0.337 e. The van der Waals surface area contributed by atoms with E-state index in [0.29, 0.717) is 0 Å². The number of aryl methyl sites for hydroxylation is 2. The minimum atomic E-state index is 0.116. The standard InChI is InChI=1S/C19H27N5O/c1-3-9-24-15-18(16(2)21-24)19(25)23-11-4-10-22(12-13-23)14-17-5-7-20-8-6-17/h5-8,15H,3-4,9-14H2,1-2H3. The average Bonchev–Trinajstić information content (AvgIpc) is 2.83. The van der Waals surface area contributed by atoms with Crippen LogP contribution in [0.15, 0.2) is 30.7 Å². The highest BCUT2D eigenvalue weighted by Gasteiger charge is 2.23. The normalized spacial score (nSPS) is 16.0. The van der Waals surface area contributed by atoms with Gasteiger partial charge in [0.05, 0.1) is 11.3 Å². The van der Waals surface area contributed by atoms with Crippen molar-refractivity contribution in [2.24, 2.45) is 0 Å². The molecule has 1 aliphatic rings. The molecule has 25 heavy (non-hydrogen) atoms. The van der Waals surface area contributed by atoms with E-state index in [0.717, 1.165) is 63.4 Å². The molecule has 1 saturated heterocycles. The number of carbonyl (C=O) groups is 1. The van der Waals surface area contributed by atoms with Crippen molar-refractivity contribution in [1.82, 2.24) is 24.6 Å². The molecule has 0 bridgehead atoms. The van der Waals surface area contributed by atoms with Crippen LogP contribution in [-0.2, 0) is 13.1 Å². The van der Waals surface area contributed by atoms with Crippen LogP contribution < -0.4 is 0 Å². The first kappa shape index (κ1) is 17.6. The molecule has 0 aromatic carbocycles. The molecule has 0 N–H and O–H groups in total. The molecule has 0 saturated carbocycles. The molecule has 2 aromatic heterocycles. The third-order valence-electron chi connectivity index (χ3n) is 4.66. The van der Waals surface area contributed by atoms with Gasteiger partial charge in [-0.15, -0.1) is 0 Å². The van der Waals surface area contributed by atoms with Crippen LogP contribution in [0.4, 0.5) is 0 Å². The molecular weight excluding hydrogens is 314 g/mol. The molecule has 0 atom stereocenters. The van der Waals surface area contributed by atoms with Crippen LogP contribution in [0.25, 0.3) is 0 Å². The molecule has 2 aromatic rings. The average molecular weight is 341 g/mol. The van der Waals surface area contributed by atoms with Gasteiger partial charge in [-0.1, -0.05) is 6.92 Å². The summed E-state index contributed by atoms with van der Waals surface area (Å²) in [6, 6.07) is 4.11. The summed E-state index contributed by atoms with van der Waals surface area (Å²) in [5.41, 5.74) is 2.85. The second-order valence-electron chi connectivity index (χ2n) is 6.67. The Balaban J connectivity index is 1.61. The third-order valence-corrected chi connectivity index (χ3v) is 4.66. The summed E-state index contributed by atoms with van der Waals surface area (Å²) in [5, 5.41) is 4.46. The van der Waals surface area contributed by atoms with Crippen molar-refractivity contribution in [2.75, 3.05) is 26.2 Å². The van der Waals surface area contributed by atoms with Crippen molar-refractivity contribution >= 4 is 5.91 Å². The van der Waals surface area contributed by atoms with Crippen LogP contribution in [0.2, 0.25) is 0 Å². The Bertz CT molecular complexity index is 697. The number of pyridine rings is 1. The second kappa shape index (κ2) is 8.25. The van der Waals surface area contributed by atoms with Gasteiger partial charge in [0.15, 0.2) is 0 Å². The maximum atomic E-state index is 12.9. The van der Waals surface area contributed by atoms with Gasteiger partial charge in [0.25, 0.3) is 5.91 Å². The van der Waals surface area contributed by atoms with E-state index in [4.69, 9.17) is 0 Å². The first-order valence-electron chi connectivity index (χ1n) is 9.12. The lowest BCUT2D eigenvalue weighted by molar-refractivity contribution is 0.0760. The van der Waals surface area contributed by atoms with E-state index in [9.17, 15) is 4.79 Å². The number of nitrogens with zero attached hydrogens (tertiary/aromatic N) is 5. The van der Waals surface area contributed by atoms with E-state index < -0.39 is 0 Å². The van der Waals surface area contributed by atoms with Crippen LogP contribution in [0.5, 0.6) is 0 Å². The zero-order chi connectivity index (χ0) is 17.6. The predicted molar refractivity (Wildman–Crippen MR) is 97.3 cm³/mol. The van der Waals surface area contributed by atoms with Crippen molar-refractivity contribution < 1.29 is 4.79 Å². The molecule has 0 aliphatic carbocycles. The lowest BCUT2D eigenvalue weighted by Gasteiger charge is -2.22. The Morgan fingerprint density at radius 3 is 2.72 bits per heavy atom. The summed E-state index contributed by atoms with van der Waals surface area (Å²) in [4.78, 5) is 21.4. The molecule has 6 heteroatoms. The number of hydrogen-bond donors (Lipinski definition) is 0. The number of carbonyl (C=O) groups excluding carboxylic acids is 1. The summed E-state index contributed by atoms with van der Waals surface area (Å²) in [6.07, 6.45) is 7.58. The summed E-state index contributed by atoms with van der Waals surface area (Å²) in [5.74, 6) is 0.116. The Morgan fingerprint density at radius 1 is 1.16 bits per heavy atom. The van der Waals surface area contributed by atoms with Crippen molar-refractivity contribution in [3.63, 3.8) is 0 Å². The van der Waals surface area contributed by atoms with Crippen molar-refractivity contribution in [3.8, 4) is 0 Å². The Hall–Kier alpha value is -2.21. The molecular formula is C19H27N5O. The lowest BCUT2D eigenvalue weighted by atomic mass is 10.2. The van der Waals surface area contributed by atoms with Crippen LogP contribution in [0.1, 0.15) is 41.4 Å². The highest BCUT2D eigenvalue weighted by Crippen LogP contribution is 2.14. The number of amides is 1. The Kier molecular flexibility index (Phi) is 5.81. The van der Waals surface area contributed by atoms with E-state index in [1.54, 1.807) is 0 Å². The van der Waals surface area contributed by atoms with Gasteiger partial charge in [0.2, 0.25) is 0 Å². The Labute approximate surface area is 149 Å². The highest BCUT2D eigenvalue weighted by molar-refractivity contribution is 5.95. The molecule has 0 unspecified atom stereocenters. The van der Waals surface area contributed by atoms with Gasteiger partial charge in [0.1, 0.15) is 0 Å². The van der Waals surface area contributed by atoms with Gasteiger partial charge >= 0.3 is 0 Å². The first-order valence-corrected chi connectivity index (χ1v) is 9.12. The first-order chi connectivity index (χ1) is 12.2.